The van der Waals surface area contributed by atoms with Gasteiger partial charge < -0.3 is 26.2 Å². The highest BCUT2D eigenvalue weighted by Crippen LogP contribution is 2.26. The predicted octanol–water partition coefficient (Wildman–Crippen LogP) is -0.111. The predicted molar refractivity (Wildman–Crippen MR) is 90.7 cm³/mol. The van der Waals surface area contributed by atoms with Gasteiger partial charge in [-0.15, -0.1) is 0 Å². The van der Waals surface area contributed by atoms with Gasteiger partial charge in [-0.1, -0.05) is 20.8 Å². The fourth-order valence-corrected chi connectivity index (χ4v) is 2.33. The fourth-order valence-electron chi connectivity index (χ4n) is 2.33. The molecule has 144 valence electrons. The lowest BCUT2D eigenvalue weighted by Crippen LogP contribution is -2.54. The Bertz CT molecular complexity index is 500. The molecule has 1 aliphatic rings. The highest BCUT2D eigenvalue weighted by Gasteiger charge is 2.35. The van der Waals surface area contributed by atoms with Crippen LogP contribution >= 0.6 is 0 Å². The van der Waals surface area contributed by atoms with Crippen molar-refractivity contribution in [3.8, 4) is 0 Å². The maximum atomic E-state index is 12.0. The van der Waals surface area contributed by atoms with E-state index in [0.29, 0.717) is 6.42 Å². The molecule has 0 bridgehead atoms. The molecule has 1 aliphatic carbocycles. The minimum absolute atomic E-state index is 0.00842. The standard InChI is InChI=1S/C14H27N3O2.C2H2O4/c1-14(2,3)13(19)16-11-8-9(6-7-10(11)15)12(18)17(4)5;3-1(4)2(5)6/h9-11H,6-8,15H2,1-5H3,(H,16,19);(H,3,4)(H,5,6)/t9-,10+,11+;/m0./s1. The number of rotatable bonds is 2. The van der Waals surface area contributed by atoms with Crippen LogP contribution in [0.1, 0.15) is 40.0 Å². The van der Waals surface area contributed by atoms with E-state index in [1.165, 1.54) is 0 Å². The van der Waals surface area contributed by atoms with Crippen LogP contribution in [0.5, 0.6) is 0 Å². The Morgan fingerprint density at radius 3 is 1.88 bits per heavy atom. The van der Waals surface area contributed by atoms with Crippen LogP contribution in [0, 0.1) is 11.3 Å². The van der Waals surface area contributed by atoms with Gasteiger partial charge in [-0.3, -0.25) is 9.59 Å². The maximum absolute atomic E-state index is 12.0. The Kier molecular flexibility index (Phi) is 8.55. The second-order valence-electron chi connectivity index (χ2n) is 7.35. The molecule has 0 aromatic rings. The molecule has 5 N–H and O–H groups in total. The van der Waals surface area contributed by atoms with Crippen molar-refractivity contribution < 1.29 is 29.4 Å². The van der Waals surface area contributed by atoms with Crippen molar-refractivity contribution in [1.29, 1.82) is 0 Å². The summed E-state index contributed by atoms with van der Waals surface area (Å²) in [5.74, 6) is -3.56. The summed E-state index contributed by atoms with van der Waals surface area (Å²) in [4.78, 5) is 43.8. The Morgan fingerprint density at radius 1 is 1.04 bits per heavy atom. The van der Waals surface area contributed by atoms with E-state index in [1.54, 1.807) is 19.0 Å². The minimum atomic E-state index is -1.82. The summed E-state index contributed by atoms with van der Waals surface area (Å²) in [7, 11) is 3.53. The van der Waals surface area contributed by atoms with Crippen LogP contribution in [0.25, 0.3) is 0 Å². The second-order valence-corrected chi connectivity index (χ2v) is 7.35. The number of hydrogen-bond acceptors (Lipinski definition) is 5. The lowest BCUT2D eigenvalue weighted by Gasteiger charge is -2.36. The van der Waals surface area contributed by atoms with Crippen LogP contribution in [-0.2, 0) is 19.2 Å². The van der Waals surface area contributed by atoms with E-state index in [9.17, 15) is 9.59 Å². The van der Waals surface area contributed by atoms with E-state index >= 15 is 0 Å². The van der Waals surface area contributed by atoms with Gasteiger partial charge in [0.1, 0.15) is 0 Å². The van der Waals surface area contributed by atoms with Crippen LogP contribution in [0.2, 0.25) is 0 Å². The van der Waals surface area contributed by atoms with E-state index in [4.69, 9.17) is 25.5 Å². The molecule has 25 heavy (non-hydrogen) atoms. The smallest absolute Gasteiger partial charge is 0.414 e. The quantitative estimate of drug-likeness (QED) is 0.502. The molecule has 0 heterocycles. The zero-order chi connectivity index (χ0) is 19.9. The average Bonchev–Trinajstić information content (AvgIpc) is 2.48. The number of carboxylic acid groups (broad SMARTS) is 2. The van der Waals surface area contributed by atoms with Crippen LogP contribution in [0.15, 0.2) is 0 Å². The van der Waals surface area contributed by atoms with Gasteiger partial charge in [0.25, 0.3) is 0 Å². The lowest BCUT2D eigenvalue weighted by molar-refractivity contribution is -0.159. The van der Waals surface area contributed by atoms with Crippen LogP contribution < -0.4 is 11.1 Å². The molecule has 0 aromatic heterocycles. The van der Waals surface area contributed by atoms with Crippen LogP contribution in [-0.4, -0.2) is 65.0 Å². The molecule has 1 fully saturated rings. The Morgan fingerprint density at radius 2 is 1.52 bits per heavy atom. The summed E-state index contributed by atoms with van der Waals surface area (Å²) in [5, 5.41) is 17.8. The molecule has 0 unspecified atom stereocenters. The molecule has 0 aliphatic heterocycles. The third kappa shape index (κ3) is 7.97. The van der Waals surface area contributed by atoms with Crippen molar-refractivity contribution in [2.75, 3.05) is 14.1 Å². The fraction of sp³-hybridized carbons (Fsp3) is 0.750. The molecule has 0 spiro atoms. The third-order valence-corrected chi connectivity index (χ3v) is 3.87. The lowest BCUT2D eigenvalue weighted by atomic mass is 9.81. The number of aliphatic carboxylic acids is 2. The van der Waals surface area contributed by atoms with Crippen LogP contribution in [0.3, 0.4) is 0 Å². The van der Waals surface area contributed by atoms with E-state index < -0.39 is 17.4 Å². The highest BCUT2D eigenvalue weighted by atomic mass is 16.4. The summed E-state index contributed by atoms with van der Waals surface area (Å²) >= 11 is 0. The van der Waals surface area contributed by atoms with Gasteiger partial charge >= 0.3 is 11.9 Å². The number of nitrogens with zero attached hydrogens (tertiary/aromatic N) is 1. The van der Waals surface area contributed by atoms with Gasteiger partial charge in [-0.05, 0) is 19.3 Å². The molecule has 9 nitrogen and oxygen atoms in total. The normalized spacial score (nSPS) is 22.9. The minimum Gasteiger partial charge on any atom is -0.473 e. The van der Waals surface area contributed by atoms with E-state index in [2.05, 4.69) is 5.32 Å². The number of carbonyl (C=O) groups excluding carboxylic acids is 2. The first-order valence-corrected chi connectivity index (χ1v) is 8.01. The molecule has 1 saturated carbocycles. The van der Waals surface area contributed by atoms with E-state index in [1.807, 2.05) is 20.8 Å². The summed E-state index contributed by atoms with van der Waals surface area (Å²) in [6.45, 7) is 5.62. The van der Waals surface area contributed by atoms with Crippen molar-refractivity contribution in [1.82, 2.24) is 10.2 Å². The second kappa shape index (κ2) is 9.36. The zero-order valence-corrected chi connectivity index (χ0v) is 15.4. The molecule has 1 rings (SSSR count). The van der Waals surface area contributed by atoms with Gasteiger partial charge in [-0.25, -0.2) is 9.59 Å². The Labute approximate surface area is 147 Å². The number of carbonyl (C=O) groups is 4. The molecule has 9 heteroatoms. The van der Waals surface area contributed by atoms with E-state index in [0.717, 1.165) is 12.8 Å². The van der Waals surface area contributed by atoms with Crippen molar-refractivity contribution in [2.45, 2.75) is 52.1 Å². The Hall–Kier alpha value is -2.16. The molecule has 3 atom stereocenters. The van der Waals surface area contributed by atoms with Crippen molar-refractivity contribution >= 4 is 23.8 Å². The van der Waals surface area contributed by atoms with Gasteiger partial charge in [0.15, 0.2) is 0 Å². The van der Waals surface area contributed by atoms with E-state index in [-0.39, 0.29) is 29.8 Å². The Balaban J connectivity index is 0.000000823. The molecule has 0 radical (unpaired) electrons. The molecule has 0 aromatic carbocycles. The number of nitrogens with one attached hydrogen (secondary N) is 1. The first-order valence-electron chi connectivity index (χ1n) is 8.01. The number of amides is 2. The summed E-state index contributed by atoms with van der Waals surface area (Å²) in [5.41, 5.74) is 5.64. The largest absolute Gasteiger partial charge is 0.473 e. The monoisotopic (exact) mass is 359 g/mol. The van der Waals surface area contributed by atoms with Gasteiger partial charge in [0.05, 0.1) is 0 Å². The molecule has 2 amide bonds. The van der Waals surface area contributed by atoms with Crippen molar-refractivity contribution in [2.24, 2.45) is 17.1 Å². The number of hydrogen-bond donors (Lipinski definition) is 4. The maximum Gasteiger partial charge on any atom is 0.414 e. The summed E-state index contributed by atoms with van der Waals surface area (Å²) < 4.78 is 0. The van der Waals surface area contributed by atoms with Gasteiger partial charge in [-0.2, -0.15) is 0 Å². The number of nitrogens with two attached hydrogens (primary N) is 1. The first-order chi connectivity index (χ1) is 11.3. The zero-order valence-electron chi connectivity index (χ0n) is 15.4. The average molecular weight is 359 g/mol. The molecule has 0 saturated heterocycles. The SMILES string of the molecule is CN(C)C(=O)[C@H]1CC[C@@H](N)[C@H](NC(=O)C(C)(C)C)C1.O=C(O)C(=O)O. The number of carboxylic acids is 2. The van der Waals surface area contributed by atoms with Crippen molar-refractivity contribution in [3.05, 3.63) is 0 Å². The van der Waals surface area contributed by atoms with Crippen molar-refractivity contribution in [3.63, 3.8) is 0 Å². The van der Waals surface area contributed by atoms with Crippen LogP contribution in [0.4, 0.5) is 0 Å². The summed E-state index contributed by atoms with van der Waals surface area (Å²) in [6.07, 6.45) is 2.22. The van der Waals surface area contributed by atoms with Gasteiger partial charge in [0.2, 0.25) is 11.8 Å². The third-order valence-electron chi connectivity index (χ3n) is 3.87. The summed E-state index contributed by atoms with van der Waals surface area (Å²) in [6, 6.07) is -0.160. The molecular weight excluding hydrogens is 330 g/mol. The highest BCUT2D eigenvalue weighted by molar-refractivity contribution is 6.27. The molecular formula is C16H29N3O6. The first kappa shape index (κ1) is 22.8. The topological polar surface area (TPSA) is 150 Å². The van der Waals surface area contributed by atoms with Gasteiger partial charge in [0, 0.05) is 37.5 Å².